The van der Waals surface area contributed by atoms with E-state index in [2.05, 4.69) is 29.2 Å². The fraction of sp³-hybridized carbons (Fsp3) is 0.462. The molecule has 0 bridgehead atoms. The molecule has 1 fully saturated rings. The molecule has 1 saturated heterocycles. The van der Waals surface area contributed by atoms with E-state index in [1.165, 1.54) is 0 Å². The molecule has 32 heavy (non-hydrogen) atoms. The Morgan fingerprint density at radius 3 is 2.03 bits per heavy atom. The van der Waals surface area contributed by atoms with Gasteiger partial charge in [0.1, 0.15) is 5.60 Å². The van der Waals surface area contributed by atoms with Gasteiger partial charge in [-0.25, -0.2) is 4.79 Å². The van der Waals surface area contributed by atoms with Gasteiger partial charge >= 0.3 is 12.1 Å². The topological polar surface area (TPSA) is 59.1 Å². The van der Waals surface area contributed by atoms with E-state index < -0.39 is 5.60 Å². The molecule has 0 unspecified atom stereocenters. The van der Waals surface area contributed by atoms with Crippen LogP contribution in [0.15, 0.2) is 60.7 Å². The van der Waals surface area contributed by atoms with Crippen molar-refractivity contribution < 1.29 is 19.1 Å². The molecule has 2 aromatic carbocycles. The lowest BCUT2D eigenvalue weighted by molar-refractivity contribution is -0.145. The highest BCUT2D eigenvalue weighted by Crippen LogP contribution is 2.33. The maximum Gasteiger partial charge on any atom is 0.410 e. The maximum absolute atomic E-state index is 12.8. The molecular formula is C26H34N2O4. The van der Waals surface area contributed by atoms with E-state index in [9.17, 15) is 9.59 Å². The summed E-state index contributed by atoms with van der Waals surface area (Å²) >= 11 is 0. The molecule has 2 aromatic rings. The SMILES string of the molecule is CCOC(=O)C[C@@H]1CN(C(=O)OC(C)(C)C)CCN1C(c1ccccc1)c1ccccc1. The zero-order valence-electron chi connectivity index (χ0n) is 19.5. The van der Waals surface area contributed by atoms with E-state index >= 15 is 0 Å². The minimum atomic E-state index is -0.568. The molecule has 1 amide bonds. The predicted molar refractivity (Wildman–Crippen MR) is 124 cm³/mol. The summed E-state index contributed by atoms with van der Waals surface area (Å²) in [6.07, 6.45) is -0.134. The molecule has 6 heteroatoms. The molecule has 1 atom stereocenters. The smallest absolute Gasteiger partial charge is 0.410 e. The van der Waals surface area contributed by atoms with Gasteiger partial charge in [0.25, 0.3) is 0 Å². The summed E-state index contributed by atoms with van der Waals surface area (Å²) in [6, 6.07) is 20.3. The number of carbonyl (C=O) groups is 2. The molecule has 1 aliphatic heterocycles. The number of hydrogen-bond donors (Lipinski definition) is 0. The number of esters is 1. The summed E-state index contributed by atoms with van der Waals surface area (Å²) in [5.41, 5.74) is 1.73. The van der Waals surface area contributed by atoms with Crippen LogP contribution in [0.1, 0.15) is 51.3 Å². The van der Waals surface area contributed by atoms with Crippen LogP contribution in [0.3, 0.4) is 0 Å². The van der Waals surface area contributed by atoms with Gasteiger partial charge in [-0.15, -0.1) is 0 Å². The first-order valence-electron chi connectivity index (χ1n) is 11.3. The molecule has 0 aliphatic carbocycles. The van der Waals surface area contributed by atoms with Crippen molar-refractivity contribution in [2.24, 2.45) is 0 Å². The predicted octanol–water partition coefficient (Wildman–Crippen LogP) is 4.65. The van der Waals surface area contributed by atoms with E-state index in [0.29, 0.717) is 26.2 Å². The van der Waals surface area contributed by atoms with Crippen molar-refractivity contribution in [3.8, 4) is 0 Å². The molecule has 6 nitrogen and oxygen atoms in total. The van der Waals surface area contributed by atoms with Gasteiger partial charge in [0.15, 0.2) is 0 Å². The van der Waals surface area contributed by atoms with Gasteiger partial charge in [-0.1, -0.05) is 60.7 Å². The number of piperazine rings is 1. The van der Waals surface area contributed by atoms with Gasteiger partial charge in [-0.3, -0.25) is 9.69 Å². The minimum Gasteiger partial charge on any atom is -0.466 e. The number of benzene rings is 2. The molecule has 0 aromatic heterocycles. The maximum atomic E-state index is 12.8. The van der Waals surface area contributed by atoms with Crippen molar-refractivity contribution in [1.29, 1.82) is 0 Å². The van der Waals surface area contributed by atoms with E-state index in [-0.39, 0.29) is 30.6 Å². The first kappa shape index (κ1) is 23.8. The Morgan fingerprint density at radius 2 is 1.53 bits per heavy atom. The van der Waals surface area contributed by atoms with Crippen LogP contribution in [0.5, 0.6) is 0 Å². The highest BCUT2D eigenvalue weighted by atomic mass is 16.6. The third kappa shape index (κ3) is 6.33. The van der Waals surface area contributed by atoms with Crippen molar-refractivity contribution in [2.45, 2.75) is 51.8 Å². The Hall–Kier alpha value is -2.86. The van der Waals surface area contributed by atoms with Crippen molar-refractivity contribution in [3.05, 3.63) is 71.8 Å². The monoisotopic (exact) mass is 438 g/mol. The Bertz CT molecular complexity index is 840. The van der Waals surface area contributed by atoms with Crippen molar-refractivity contribution in [2.75, 3.05) is 26.2 Å². The van der Waals surface area contributed by atoms with Gasteiger partial charge in [0, 0.05) is 25.7 Å². The lowest BCUT2D eigenvalue weighted by atomic mass is 9.93. The number of carbonyl (C=O) groups excluding carboxylic acids is 2. The average Bonchev–Trinajstić information content (AvgIpc) is 2.75. The van der Waals surface area contributed by atoms with Crippen molar-refractivity contribution >= 4 is 12.1 Å². The molecule has 1 aliphatic rings. The van der Waals surface area contributed by atoms with Crippen LogP contribution in [0.4, 0.5) is 4.79 Å². The van der Waals surface area contributed by atoms with Crippen LogP contribution in [-0.2, 0) is 14.3 Å². The standard InChI is InChI=1S/C26H34N2O4/c1-5-31-23(29)18-22-19-27(25(30)32-26(2,3)4)16-17-28(22)24(20-12-8-6-9-13-20)21-14-10-7-11-15-21/h6-15,22,24H,5,16-19H2,1-4H3/t22-/m1/s1. The number of rotatable bonds is 6. The Balaban J connectivity index is 1.92. The van der Waals surface area contributed by atoms with E-state index in [4.69, 9.17) is 9.47 Å². The third-order valence-electron chi connectivity index (χ3n) is 5.45. The van der Waals surface area contributed by atoms with Crippen LogP contribution >= 0.6 is 0 Å². The molecule has 0 radical (unpaired) electrons. The zero-order chi connectivity index (χ0) is 23.1. The fourth-order valence-corrected chi connectivity index (χ4v) is 4.14. The number of ether oxygens (including phenoxy) is 2. The molecule has 172 valence electrons. The third-order valence-corrected chi connectivity index (χ3v) is 5.45. The minimum absolute atomic E-state index is 0.0300. The summed E-state index contributed by atoms with van der Waals surface area (Å²) in [7, 11) is 0. The van der Waals surface area contributed by atoms with E-state index in [1.54, 1.807) is 11.8 Å². The molecule has 1 heterocycles. The molecule has 0 N–H and O–H groups in total. The second-order valence-electron chi connectivity index (χ2n) is 9.05. The van der Waals surface area contributed by atoms with Crippen molar-refractivity contribution in [3.63, 3.8) is 0 Å². The second-order valence-corrected chi connectivity index (χ2v) is 9.05. The van der Waals surface area contributed by atoms with Crippen LogP contribution in [0.25, 0.3) is 0 Å². The van der Waals surface area contributed by atoms with Crippen LogP contribution in [0, 0.1) is 0 Å². The lowest BCUT2D eigenvalue weighted by Crippen LogP contribution is -2.57. The molecule has 3 rings (SSSR count). The number of amides is 1. The second kappa shape index (κ2) is 10.6. The number of nitrogens with zero attached hydrogens (tertiary/aromatic N) is 2. The van der Waals surface area contributed by atoms with Crippen molar-refractivity contribution in [1.82, 2.24) is 9.80 Å². The fourth-order valence-electron chi connectivity index (χ4n) is 4.14. The zero-order valence-corrected chi connectivity index (χ0v) is 19.5. The molecular weight excluding hydrogens is 404 g/mol. The van der Waals surface area contributed by atoms with Crippen LogP contribution in [-0.4, -0.2) is 59.7 Å². The highest BCUT2D eigenvalue weighted by molar-refractivity contribution is 5.71. The Kier molecular flexibility index (Phi) is 7.91. The summed E-state index contributed by atoms with van der Waals surface area (Å²) in [4.78, 5) is 29.3. The van der Waals surface area contributed by atoms with Crippen LogP contribution < -0.4 is 0 Å². The average molecular weight is 439 g/mol. The lowest BCUT2D eigenvalue weighted by Gasteiger charge is -2.45. The van der Waals surface area contributed by atoms with Crippen LogP contribution in [0.2, 0.25) is 0 Å². The summed E-state index contributed by atoms with van der Waals surface area (Å²) in [5, 5.41) is 0. The summed E-state index contributed by atoms with van der Waals surface area (Å²) < 4.78 is 10.9. The van der Waals surface area contributed by atoms with E-state index in [1.807, 2.05) is 57.2 Å². The van der Waals surface area contributed by atoms with Gasteiger partial charge < -0.3 is 14.4 Å². The molecule has 0 spiro atoms. The van der Waals surface area contributed by atoms with Gasteiger partial charge in [0.05, 0.1) is 19.1 Å². The first-order chi connectivity index (χ1) is 15.3. The van der Waals surface area contributed by atoms with E-state index in [0.717, 1.165) is 11.1 Å². The van der Waals surface area contributed by atoms with Gasteiger partial charge in [-0.05, 0) is 38.8 Å². The Morgan fingerprint density at radius 1 is 0.969 bits per heavy atom. The summed E-state index contributed by atoms with van der Waals surface area (Å²) in [6.45, 7) is 9.28. The largest absolute Gasteiger partial charge is 0.466 e. The Labute approximate surface area is 191 Å². The highest BCUT2D eigenvalue weighted by Gasteiger charge is 2.37. The summed E-state index contributed by atoms with van der Waals surface area (Å²) in [5.74, 6) is -0.256. The number of hydrogen-bond acceptors (Lipinski definition) is 5. The molecule has 0 saturated carbocycles. The normalized spacial score (nSPS) is 17.3. The van der Waals surface area contributed by atoms with Gasteiger partial charge in [0.2, 0.25) is 0 Å². The quantitative estimate of drug-likeness (QED) is 0.615. The van der Waals surface area contributed by atoms with Gasteiger partial charge in [-0.2, -0.15) is 0 Å². The first-order valence-corrected chi connectivity index (χ1v) is 11.3.